The lowest BCUT2D eigenvalue weighted by Crippen LogP contribution is -2.29. The monoisotopic (exact) mass is 263 g/mol. The molecule has 2 aromatic rings. The van der Waals surface area contributed by atoms with E-state index in [0.717, 1.165) is 22.7 Å². The molecular formula is C13H17N3OS. The summed E-state index contributed by atoms with van der Waals surface area (Å²) < 4.78 is 5.33. The van der Waals surface area contributed by atoms with Gasteiger partial charge in [0.1, 0.15) is 17.5 Å². The second-order valence-electron chi connectivity index (χ2n) is 3.85. The molecule has 0 aliphatic carbocycles. The van der Waals surface area contributed by atoms with Crippen LogP contribution in [0, 0.1) is 0 Å². The fourth-order valence-electron chi connectivity index (χ4n) is 1.83. The maximum absolute atomic E-state index is 5.67. The van der Waals surface area contributed by atoms with Crippen molar-refractivity contribution in [3.05, 3.63) is 45.9 Å². The molecule has 0 spiro atoms. The number of pyridine rings is 1. The zero-order valence-electron chi connectivity index (χ0n) is 10.5. The van der Waals surface area contributed by atoms with Crippen LogP contribution in [0.15, 0.2) is 30.5 Å². The van der Waals surface area contributed by atoms with Crippen LogP contribution in [-0.4, -0.2) is 12.1 Å². The summed E-state index contributed by atoms with van der Waals surface area (Å²) in [6, 6.07) is 7.82. The summed E-state index contributed by atoms with van der Waals surface area (Å²) in [5.74, 6) is 6.41. The van der Waals surface area contributed by atoms with Crippen molar-refractivity contribution in [3.63, 3.8) is 0 Å². The van der Waals surface area contributed by atoms with Gasteiger partial charge in [0, 0.05) is 16.0 Å². The van der Waals surface area contributed by atoms with Gasteiger partial charge in [-0.05, 0) is 30.7 Å². The van der Waals surface area contributed by atoms with Crippen LogP contribution in [0.1, 0.15) is 28.4 Å². The first kappa shape index (κ1) is 13.0. The molecule has 2 heterocycles. The van der Waals surface area contributed by atoms with Crippen molar-refractivity contribution in [3.8, 4) is 5.75 Å². The SMILES string of the molecule is CCc1ccc(C(NN)c2ncccc2OC)s1. The van der Waals surface area contributed by atoms with Gasteiger partial charge in [0.2, 0.25) is 0 Å². The molecule has 0 bridgehead atoms. The summed E-state index contributed by atoms with van der Waals surface area (Å²) in [5, 5.41) is 0. The van der Waals surface area contributed by atoms with Gasteiger partial charge in [-0.1, -0.05) is 6.92 Å². The van der Waals surface area contributed by atoms with Crippen molar-refractivity contribution in [1.29, 1.82) is 0 Å². The Morgan fingerprint density at radius 2 is 2.28 bits per heavy atom. The van der Waals surface area contributed by atoms with E-state index in [2.05, 4.69) is 29.5 Å². The van der Waals surface area contributed by atoms with E-state index in [1.807, 2.05) is 12.1 Å². The predicted molar refractivity (Wildman–Crippen MR) is 73.7 cm³/mol. The van der Waals surface area contributed by atoms with Crippen LogP contribution in [0.4, 0.5) is 0 Å². The number of aromatic nitrogens is 1. The van der Waals surface area contributed by atoms with Crippen molar-refractivity contribution in [2.45, 2.75) is 19.4 Å². The van der Waals surface area contributed by atoms with Crippen LogP contribution in [0.3, 0.4) is 0 Å². The fraction of sp³-hybridized carbons (Fsp3) is 0.308. The molecule has 5 heteroatoms. The molecule has 0 aliphatic heterocycles. The number of nitrogens with two attached hydrogens (primary N) is 1. The van der Waals surface area contributed by atoms with Crippen LogP contribution in [0.5, 0.6) is 5.75 Å². The third kappa shape index (κ3) is 2.53. The normalized spacial score (nSPS) is 12.4. The van der Waals surface area contributed by atoms with E-state index in [0.29, 0.717) is 0 Å². The minimum atomic E-state index is -0.133. The summed E-state index contributed by atoms with van der Waals surface area (Å²) in [7, 11) is 1.64. The Morgan fingerprint density at radius 1 is 1.44 bits per heavy atom. The number of hydrogen-bond donors (Lipinski definition) is 2. The van der Waals surface area contributed by atoms with E-state index >= 15 is 0 Å². The third-order valence-electron chi connectivity index (χ3n) is 2.78. The van der Waals surface area contributed by atoms with Gasteiger partial charge >= 0.3 is 0 Å². The molecule has 1 unspecified atom stereocenters. The highest BCUT2D eigenvalue weighted by molar-refractivity contribution is 7.12. The van der Waals surface area contributed by atoms with Gasteiger partial charge in [0.05, 0.1) is 7.11 Å². The van der Waals surface area contributed by atoms with Gasteiger partial charge in [-0.2, -0.15) is 0 Å². The molecule has 0 fully saturated rings. The second-order valence-corrected chi connectivity index (χ2v) is 5.05. The van der Waals surface area contributed by atoms with E-state index < -0.39 is 0 Å². The van der Waals surface area contributed by atoms with Crippen LogP contribution < -0.4 is 16.0 Å². The van der Waals surface area contributed by atoms with Crippen molar-refractivity contribution >= 4 is 11.3 Å². The summed E-state index contributed by atoms with van der Waals surface area (Å²) >= 11 is 1.74. The Bertz CT molecular complexity index is 512. The summed E-state index contributed by atoms with van der Waals surface area (Å²) in [6.07, 6.45) is 2.78. The Hall–Kier alpha value is -1.43. The Kier molecular flexibility index (Phi) is 4.30. The molecule has 2 rings (SSSR count). The number of aryl methyl sites for hydroxylation is 1. The zero-order chi connectivity index (χ0) is 13.0. The number of ether oxygens (including phenoxy) is 1. The quantitative estimate of drug-likeness (QED) is 0.642. The lowest BCUT2D eigenvalue weighted by atomic mass is 10.1. The predicted octanol–water partition coefficient (Wildman–Crippen LogP) is 2.27. The van der Waals surface area contributed by atoms with Gasteiger partial charge in [-0.25, -0.2) is 5.43 Å². The van der Waals surface area contributed by atoms with E-state index in [4.69, 9.17) is 10.6 Å². The van der Waals surface area contributed by atoms with Gasteiger partial charge in [0.15, 0.2) is 0 Å². The highest BCUT2D eigenvalue weighted by Crippen LogP contribution is 2.31. The van der Waals surface area contributed by atoms with Crippen molar-refractivity contribution in [1.82, 2.24) is 10.4 Å². The smallest absolute Gasteiger partial charge is 0.142 e. The van der Waals surface area contributed by atoms with Crippen molar-refractivity contribution in [2.24, 2.45) is 5.84 Å². The molecule has 0 saturated carbocycles. The van der Waals surface area contributed by atoms with Crippen molar-refractivity contribution < 1.29 is 4.74 Å². The molecule has 0 saturated heterocycles. The summed E-state index contributed by atoms with van der Waals surface area (Å²) in [5.41, 5.74) is 3.63. The minimum Gasteiger partial charge on any atom is -0.495 e. The topological polar surface area (TPSA) is 60.2 Å². The maximum atomic E-state index is 5.67. The minimum absolute atomic E-state index is 0.133. The Morgan fingerprint density at radius 3 is 2.89 bits per heavy atom. The molecular weight excluding hydrogens is 246 g/mol. The summed E-state index contributed by atoms with van der Waals surface area (Å²) in [6.45, 7) is 2.14. The number of thiophene rings is 1. The van der Waals surface area contributed by atoms with Gasteiger partial charge in [-0.15, -0.1) is 11.3 Å². The molecule has 2 aromatic heterocycles. The molecule has 3 N–H and O–H groups in total. The first-order valence-electron chi connectivity index (χ1n) is 5.83. The second kappa shape index (κ2) is 5.95. The van der Waals surface area contributed by atoms with E-state index in [1.165, 1.54) is 4.88 Å². The number of nitrogens with one attached hydrogen (secondary N) is 1. The van der Waals surface area contributed by atoms with Crippen molar-refractivity contribution in [2.75, 3.05) is 7.11 Å². The largest absolute Gasteiger partial charge is 0.495 e. The molecule has 0 aliphatic rings. The number of methoxy groups -OCH3 is 1. The zero-order valence-corrected chi connectivity index (χ0v) is 11.3. The van der Waals surface area contributed by atoms with Gasteiger partial charge in [0.25, 0.3) is 0 Å². The average Bonchev–Trinajstić information content (AvgIpc) is 2.89. The van der Waals surface area contributed by atoms with Crippen LogP contribution in [-0.2, 0) is 6.42 Å². The van der Waals surface area contributed by atoms with Crippen LogP contribution in [0.25, 0.3) is 0 Å². The maximum Gasteiger partial charge on any atom is 0.142 e. The molecule has 0 radical (unpaired) electrons. The molecule has 18 heavy (non-hydrogen) atoms. The highest BCUT2D eigenvalue weighted by atomic mass is 32.1. The fourth-order valence-corrected chi connectivity index (χ4v) is 2.84. The van der Waals surface area contributed by atoms with Crippen LogP contribution >= 0.6 is 11.3 Å². The first-order valence-corrected chi connectivity index (χ1v) is 6.65. The Balaban J connectivity index is 2.38. The molecule has 4 nitrogen and oxygen atoms in total. The number of hydrazine groups is 1. The number of rotatable bonds is 5. The van der Waals surface area contributed by atoms with E-state index in [1.54, 1.807) is 24.6 Å². The number of hydrogen-bond acceptors (Lipinski definition) is 5. The standard InChI is InChI=1S/C13H17N3OS/c1-3-9-6-7-11(18-9)13(16-14)12-10(17-2)5-4-8-15-12/h4-8,13,16H,3,14H2,1-2H3. The summed E-state index contributed by atoms with van der Waals surface area (Å²) in [4.78, 5) is 6.85. The molecule has 1 atom stereocenters. The van der Waals surface area contributed by atoms with Gasteiger partial charge in [-0.3, -0.25) is 10.8 Å². The van der Waals surface area contributed by atoms with E-state index in [9.17, 15) is 0 Å². The van der Waals surface area contributed by atoms with E-state index in [-0.39, 0.29) is 6.04 Å². The first-order chi connectivity index (χ1) is 8.80. The lowest BCUT2D eigenvalue weighted by Gasteiger charge is -2.16. The Labute approximate surface area is 111 Å². The molecule has 0 aromatic carbocycles. The number of nitrogens with zero attached hydrogens (tertiary/aromatic N) is 1. The van der Waals surface area contributed by atoms with Gasteiger partial charge < -0.3 is 4.74 Å². The van der Waals surface area contributed by atoms with Crippen LogP contribution in [0.2, 0.25) is 0 Å². The highest BCUT2D eigenvalue weighted by Gasteiger charge is 2.19. The lowest BCUT2D eigenvalue weighted by molar-refractivity contribution is 0.401. The third-order valence-corrected chi connectivity index (χ3v) is 4.07. The molecule has 0 amide bonds. The average molecular weight is 263 g/mol. The molecule has 96 valence electrons.